The van der Waals surface area contributed by atoms with Crippen molar-refractivity contribution in [3.05, 3.63) is 47.3 Å². The predicted molar refractivity (Wildman–Crippen MR) is 93.9 cm³/mol. The number of esters is 1. The lowest BCUT2D eigenvalue weighted by Gasteiger charge is -2.16. The van der Waals surface area contributed by atoms with Gasteiger partial charge >= 0.3 is 5.97 Å². The van der Waals surface area contributed by atoms with Gasteiger partial charge in [0.2, 0.25) is 5.78 Å². The van der Waals surface area contributed by atoms with Crippen LogP contribution in [0.5, 0.6) is 5.75 Å². The van der Waals surface area contributed by atoms with Crippen LogP contribution in [0.25, 0.3) is 0 Å². The van der Waals surface area contributed by atoms with E-state index in [-0.39, 0.29) is 18.2 Å². The predicted octanol–water partition coefficient (Wildman–Crippen LogP) is 3.27. The molecule has 0 spiro atoms. The van der Waals surface area contributed by atoms with Gasteiger partial charge in [-0.15, -0.1) is 0 Å². The van der Waals surface area contributed by atoms with Gasteiger partial charge in [-0.2, -0.15) is 5.10 Å². The standard InChI is InChI=1S/C19H24N2O4/c1-12-10-13(2)21(20-12)14(3)11-18(22)25-15(4)19(23)16-6-8-17(24-5)9-7-16/h6-10,14-15H,11H2,1-5H3/t14-,15+/m0/s1. The molecule has 0 fully saturated rings. The van der Waals surface area contributed by atoms with E-state index < -0.39 is 12.1 Å². The van der Waals surface area contributed by atoms with Gasteiger partial charge in [0, 0.05) is 11.3 Å². The Morgan fingerprint density at radius 3 is 2.32 bits per heavy atom. The van der Waals surface area contributed by atoms with E-state index in [2.05, 4.69) is 5.10 Å². The van der Waals surface area contributed by atoms with E-state index >= 15 is 0 Å². The molecule has 0 amide bonds. The third-order valence-electron chi connectivity index (χ3n) is 3.98. The summed E-state index contributed by atoms with van der Waals surface area (Å²) >= 11 is 0. The maximum absolute atomic E-state index is 12.4. The second-order valence-corrected chi connectivity index (χ2v) is 6.15. The summed E-state index contributed by atoms with van der Waals surface area (Å²) in [5.74, 6) is 0.00379. The number of methoxy groups -OCH3 is 1. The van der Waals surface area contributed by atoms with Gasteiger partial charge in [-0.05, 0) is 58.0 Å². The number of ketones is 1. The van der Waals surface area contributed by atoms with Crippen LogP contribution < -0.4 is 4.74 Å². The third-order valence-corrected chi connectivity index (χ3v) is 3.98. The fourth-order valence-corrected chi connectivity index (χ4v) is 2.71. The molecule has 2 aromatic rings. The van der Waals surface area contributed by atoms with E-state index in [0.29, 0.717) is 11.3 Å². The number of carbonyl (C=O) groups excluding carboxylic acids is 2. The molecule has 1 aromatic heterocycles. The van der Waals surface area contributed by atoms with E-state index in [1.54, 1.807) is 43.0 Å². The Hall–Kier alpha value is -2.63. The van der Waals surface area contributed by atoms with E-state index in [9.17, 15) is 9.59 Å². The highest BCUT2D eigenvalue weighted by Crippen LogP contribution is 2.17. The summed E-state index contributed by atoms with van der Waals surface area (Å²) in [6.45, 7) is 7.33. The second kappa shape index (κ2) is 7.96. The van der Waals surface area contributed by atoms with Crippen LogP contribution in [0.4, 0.5) is 0 Å². The van der Waals surface area contributed by atoms with Gasteiger partial charge in [0.25, 0.3) is 0 Å². The van der Waals surface area contributed by atoms with Crippen molar-refractivity contribution >= 4 is 11.8 Å². The Bertz CT molecular complexity index is 749. The molecule has 0 saturated carbocycles. The first-order valence-corrected chi connectivity index (χ1v) is 8.22. The van der Waals surface area contributed by atoms with E-state index in [4.69, 9.17) is 9.47 Å². The summed E-state index contributed by atoms with van der Waals surface area (Å²) in [5, 5.41) is 4.37. The smallest absolute Gasteiger partial charge is 0.308 e. The summed E-state index contributed by atoms with van der Waals surface area (Å²) < 4.78 is 12.2. The summed E-state index contributed by atoms with van der Waals surface area (Å²) in [6, 6.07) is 8.54. The topological polar surface area (TPSA) is 70.4 Å². The van der Waals surface area contributed by atoms with Gasteiger partial charge in [-0.1, -0.05) is 0 Å². The second-order valence-electron chi connectivity index (χ2n) is 6.15. The first-order chi connectivity index (χ1) is 11.8. The minimum absolute atomic E-state index is 0.135. The Morgan fingerprint density at radius 2 is 1.80 bits per heavy atom. The summed E-state index contributed by atoms with van der Waals surface area (Å²) in [4.78, 5) is 24.5. The van der Waals surface area contributed by atoms with Crippen molar-refractivity contribution in [2.75, 3.05) is 7.11 Å². The van der Waals surface area contributed by atoms with Gasteiger partial charge < -0.3 is 9.47 Å². The molecule has 0 aliphatic rings. The van der Waals surface area contributed by atoms with E-state index in [0.717, 1.165) is 11.4 Å². The average Bonchev–Trinajstić information content (AvgIpc) is 2.92. The van der Waals surface area contributed by atoms with Crippen LogP contribution in [0, 0.1) is 13.8 Å². The Labute approximate surface area is 147 Å². The SMILES string of the molecule is COc1ccc(C(=O)[C@@H](C)OC(=O)C[C@H](C)n2nc(C)cc2C)cc1. The van der Waals surface area contributed by atoms with Gasteiger partial charge in [0.15, 0.2) is 6.10 Å². The van der Waals surface area contributed by atoms with Crippen molar-refractivity contribution in [2.24, 2.45) is 0 Å². The van der Waals surface area contributed by atoms with E-state index in [1.807, 2.05) is 26.8 Å². The lowest BCUT2D eigenvalue weighted by atomic mass is 10.1. The first kappa shape index (κ1) is 18.7. The Kier molecular flexibility index (Phi) is 5.96. The summed E-state index contributed by atoms with van der Waals surface area (Å²) in [6.07, 6.45) is -0.684. The molecule has 134 valence electrons. The molecule has 0 saturated heterocycles. The molecule has 2 rings (SSSR count). The van der Waals surface area contributed by atoms with E-state index in [1.165, 1.54) is 0 Å². The molecule has 6 nitrogen and oxygen atoms in total. The minimum Gasteiger partial charge on any atom is -0.497 e. The molecule has 0 aliphatic heterocycles. The highest BCUT2D eigenvalue weighted by atomic mass is 16.5. The number of aryl methyl sites for hydroxylation is 2. The first-order valence-electron chi connectivity index (χ1n) is 8.22. The highest BCUT2D eigenvalue weighted by molar-refractivity contribution is 6.00. The van der Waals surface area contributed by atoms with Gasteiger partial charge in [0.1, 0.15) is 5.75 Å². The lowest BCUT2D eigenvalue weighted by Crippen LogP contribution is -2.26. The number of Topliss-reactive ketones (excluding diaryl/α,β-unsaturated/α-hetero) is 1. The molecule has 0 N–H and O–H groups in total. The molecular weight excluding hydrogens is 320 g/mol. The number of carbonyl (C=O) groups is 2. The monoisotopic (exact) mass is 344 g/mol. The zero-order chi connectivity index (χ0) is 18.6. The van der Waals surface area contributed by atoms with Crippen molar-refractivity contribution in [1.29, 1.82) is 0 Å². The fraction of sp³-hybridized carbons (Fsp3) is 0.421. The zero-order valence-corrected chi connectivity index (χ0v) is 15.3. The molecule has 1 aromatic carbocycles. The van der Waals surface area contributed by atoms with Crippen LogP contribution in [-0.4, -0.2) is 34.7 Å². The number of hydrogen-bond donors (Lipinski definition) is 0. The summed E-state index contributed by atoms with van der Waals surface area (Å²) in [5.41, 5.74) is 2.37. The largest absolute Gasteiger partial charge is 0.497 e. The number of benzene rings is 1. The summed E-state index contributed by atoms with van der Waals surface area (Å²) in [7, 11) is 1.56. The molecule has 2 atom stereocenters. The number of nitrogens with zero attached hydrogens (tertiary/aromatic N) is 2. The van der Waals surface area contributed by atoms with Gasteiger partial charge in [0.05, 0.1) is 25.3 Å². The maximum atomic E-state index is 12.4. The molecule has 6 heteroatoms. The normalized spacial score (nSPS) is 13.2. The molecule has 0 bridgehead atoms. The third kappa shape index (κ3) is 4.68. The van der Waals surface area contributed by atoms with Crippen molar-refractivity contribution in [3.8, 4) is 5.75 Å². The minimum atomic E-state index is -0.839. The van der Waals surface area contributed by atoms with Crippen molar-refractivity contribution in [1.82, 2.24) is 9.78 Å². The average molecular weight is 344 g/mol. The number of hydrogen-bond acceptors (Lipinski definition) is 5. The van der Waals surface area contributed by atoms with Crippen LogP contribution in [0.1, 0.15) is 48.1 Å². The fourth-order valence-electron chi connectivity index (χ4n) is 2.71. The highest BCUT2D eigenvalue weighted by Gasteiger charge is 2.22. The van der Waals surface area contributed by atoms with Crippen molar-refractivity contribution in [3.63, 3.8) is 0 Å². The molecular formula is C19H24N2O4. The van der Waals surface area contributed by atoms with Gasteiger partial charge in [-0.3, -0.25) is 14.3 Å². The number of ether oxygens (including phenoxy) is 2. The quantitative estimate of drug-likeness (QED) is 0.569. The van der Waals surface area contributed by atoms with Crippen LogP contribution in [0.15, 0.2) is 30.3 Å². The molecule has 0 radical (unpaired) electrons. The lowest BCUT2D eigenvalue weighted by molar-refractivity contribution is -0.147. The van der Waals surface area contributed by atoms with Crippen LogP contribution >= 0.6 is 0 Å². The van der Waals surface area contributed by atoms with Crippen LogP contribution in [0.2, 0.25) is 0 Å². The van der Waals surface area contributed by atoms with Crippen LogP contribution in [-0.2, 0) is 9.53 Å². The number of aromatic nitrogens is 2. The van der Waals surface area contributed by atoms with Crippen molar-refractivity contribution < 1.29 is 19.1 Å². The van der Waals surface area contributed by atoms with Gasteiger partial charge in [-0.25, -0.2) is 0 Å². The Morgan fingerprint density at radius 1 is 1.16 bits per heavy atom. The van der Waals surface area contributed by atoms with Crippen LogP contribution in [0.3, 0.4) is 0 Å². The molecule has 1 heterocycles. The Balaban J connectivity index is 1.94. The maximum Gasteiger partial charge on any atom is 0.308 e. The molecule has 0 aliphatic carbocycles. The van der Waals surface area contributed by atoms with Crippen molar-refractivity contribution in [2.45, 2.75) is 46.3 Å². The molecule has 25 heavy (non-hydrogen) atoms. The molecule has 0 unspecified atom stereocenters. The zero-order valence-electron chi connectivity index (χ0n) is 15.3. The number of rotatable bonds is 7.